The number of hydrogen-bond acceptors (Lipinski definition) is 3. The van der Waals surface area contributed by atoms with Crippen LogP contribution in [0.15, 0.2) is 60.7 Å². The highest BCUT2D eigenvalue weighted by molar-refractivity contribution is 5.65. The van der Waals surface area contributed by atoms with Gasteiger partial charge in [-0.15, -0.1) is 0 Å². The third kappa shape index (κ3) is 6.51. The Morgan fingerprint density at radius 2 is 1.41 bits per heavy atom. The first-order valence-electron chi connectivity index (χ1n) is 10.2. The number of carbonyl (C=O) groups is 1. The second kappa shape index (κ2) is 10.3. The van der Waals surface area contributed by atoms with Crippen molar-refractivity contribution >= 4 is 5.97 Å². The van der Waals surface area contributed by atoms with Crippen molar-refractivity contribution in [3.8, 4) is 0 Å². The van der Waals surface area contributed by atoms with Gasteiger partial charge >= 0.3 is 5.97 Å². The Hall–Kier alpha value is -2.13. The summed E-state index contributed by atoms with van der Waals surface area (Å²) >= 11 is 0. The fourth-order valence-corrected chi connectivity index (χ4v) is 4.12. The fourth-order valence-electron chi connectivity index (χ4n) is 4.12. The molecule has 0 saturated heterocycles. The van der Waals surface area contributed by atoms with Gasteiger partial charge in [0.15, 0.2) is 0 Å². The molecule has 0 aliphatic heterocycles. The van der Waals surface area contributed by atoms with Gasteiger partial charge < -0.3 is 4.74 Å². The summed E-state index contributed by atoms with van der Waals surface area (Å²) in [6, 6.07) is 22.2. The van der Waals surface area contributed by atoms with E-state index in [9.17, 15) is 4.79 Å². The van der Waals surface area contributed by atoms with Gasteiger partial charge in [-0.05, 0) is 49.1 Å². The zero-order chi connectivity index (χ0) is 18.9. The summed E-state index contributed by atoms with van der Waals surface area (Å²) in [7, 11) is 0. The Morgan fingerprint density at radius 3 is 1.89 bits per heavy atom. The lowest BCUT2D eigenvalue weighted by atomic mass is 9.83. The fraction of sp³-hybridized carbons (Fsp3) is 0.458. The predicted molar refractivity (Wildman–Crippen MR) is 109 cm³/mol. The average molecular weight is 366 g/mol. The third-order valence-electron chi connectivity index (χ3n) is 5.62. The zero-order valence-electron chi connectivity index (χ0n) is 16.3. The second-order valence-electron chi connectivity index (χ2n) is 7.68. The summed E-state index contributed by atoms with van der Waals surface area (Å²) in [5.41, 5.74) is 2.76. The van der Waals surface area contributed by atoms with E-state index in [2.05, 4.69) is 65.6 Å². The first kappa shape index (κ1) is 19.6. The highest BCUT2D eigenvalue weighted by Gasteiger charge is 2.26. The van der Waals surface area contributed by atoms with Crippen LogP contribution in [0, 0.1) is 5.92 Å². The minimum atomic E-state index is -0.166. The van der Waals surface area contributed by atoms with Crippen LogP contribution in [0.1, 0.15) is 50.2 Å². The second-order valence-corrected chi connectivity index (χ2v) is 7.68. The van der Waals surface area contributed by atoms with Crippen molar-refractivity contribution in [3.05, 3.63) is 71.8 Å². The predicted octanol–water partition coefficient (Wildman–Crippen LogP) is 5.20. The summed E-state index contributed by atoms with van der Waals surface area (Å²) in [5.74, 6) is 0.525. The topological polar surface area (TPSA) is 29.5 Å². The van der Waals surface area contributed by atoms with Gasteiger partial charge in [-0.25, -0.2) is 0 Å². The quantitative estimate of drug-likeness (QED) is 0.602. The van der Waals surface area contributed by atoms with Gasteiger partial charge in [-0.2, -0.15) is 0 Å². The molecule has 1 aliphatic rings. The molecule has 0 heterocycles. The number of esters is 1. The van der Waals surface area contributed by atoms with E-state index in [0.717, 1.165) is 19.5 Å². The van der Waals surface area contributed by atoms with Gasteiger partial charge in [-0.3, -0.25) is 9.69 Å². The monoisotopic (exact) mass is 365 g/mol. The Kier molecular flexibility index (Phi) is 7.46. The molecule has 0 N–H and O–H groups in total. The molecule has 0 bridgehead atoms. The van der Waals surface area contributed by atoms with E-state index in [-0.39, 0.29) is 5.97 Å². The summed E-state index contributed by atoms with van der Waals surface area (Å²) in [4.78, 5) is 13.6. The van der Waals surface area contributed by atoms with Gasteiger partial charge in [0.05, 0.1) is 6.61 Å². The molecule has 3 nitrogen and oxygen atoms in total. The third-order valence-corrected chi connectivity index (χ3v) is 5.62. The van der Waals surface area contributed by atoms with Gasteiger partial charge in [0, 0.05) is 26.1 Å². The lowest BCUT2D eigenvalue weighted by molar-refractivity contribution is -0.141. The molecule has 2 aromatic rings. The molecule has 0 aromatic heterocycles. The maximum atomic E-state index is 10.9. The molecule has 0 unspecified atom stereocenters. The van der Waals surface area contributed by atoms with Crippen LogP contribution in [0.4, 0.5) is 0 Å². The van der Waals surface area contributed by atoms with E-state index in [0.29, 0.717) is 18.6 Å². The van der Waals surface area contributed by atoms with Crippen LogP contribution in [-0.4, -0.2) is 23.5 Å². The summed E-state index contributed by atoms with van der Waals surface area (Å²) in [6.45, 7) is 4.06. The highest BCUT2D eigenvalue weighted by Crippen LogP contribution is 2.31. The number of nitrogens with zero attached hydrogens (tertiary/aromatic N) is 1. The van der Waals surface area contributed by atoms with Crippen molar-refractivity contribution in [2.45, 2.75) is 58.2 Å². The number of ether oxygens (including phenoxy) is 1. The smallest absolute Gasteiger partial charge is 0.302 e. The lowest BCUT2D eigenvalue weighted by Crippen LogP contribution is -2.37. The Balaban J connectivity index is 1.58. The van der Waals surface area contributed by atoms with Crippen LogP contribution < -0.4 is 0 Å². The van der Waals surface area contributed by atoms with Crippen molar-refractivity contribution in [2.24, 2.45) is 5.92 Å². The van der Waals surface area contributed by atoms with Crippen LogP contribution >= 0.6 is 0 Å². The Bertz CT molecular complexity index is 637. The molecule has 2 aromatic carbocycles. The van der Waals surface area contributed by atoms with Crippen LogP contribution in [0.25, 0.3) is 0 Å². The molecule has 0 spiro atoms. The largest absolute Gasteiger partial charge is 0.466 e. The lowest BCUT2D eigenvalue weighted by Gasteiger charge is -2.37. The number of carbonyl (C=O) groups excluding carboxylic acids is 1. The van der Waals surface area contributed by atoms with Crippen molar-refractivity contribution < 1.29 is 9.53 Å². The molecule has 3 rings (SSSR count). The molecule has 1 fully saturated rings. The Morgan fingerprint density at radius 1 is 0.889 bits per heavy atom. The molecule has 3 heteroatoms. The van der Waals surface area contributed by atoms with Crippen molar-refractivity contribution in [1.29, 1.82) is 0 Å². The number of hydrogen-bond donors (Lipinski definition) is 0. The summed E-state index contributed by atoms with van der Waals surface area (Å²) in [6.07, 6.45) is 5.91. The van der Waals surface area contributed by atoms with E-state index in [4.69, 9.17) is 4.74 Å². The average Bonchev–Trinajstić information content (AvgIpc) is 2.69. The van der Waals surface area contributed by atoms with E-state index in [1.807, 2.05) is 0 Å². The zero-order valence-corrected chi connectivity index (χ0v) is 16.3. The molecular formula is C24H31NO2. The maximum absolute atomic E-state index is 10.9. The van der Waals surface area contributed by atoms with Crippen LogP contribution in [0.2, 0.25) is 0 Å². The maximum Gasteiger partial charge on any atom is 0.302 e. The molecule has 1 saturated carbocycles. The Labute approximate surface area is 163 Å². The SMILES string of the molecule is CC(=O)OCC[C@H]1CC[C@H](N(Cc2ccccc2)Cc2ccccc2)CC1. The minimum Gasteiger partial charge on any atom is -0.466 e. The van der Waals surface area contributed by atoms with Crippen molar-refractivity contribution in [2.75, 3.05) is 6.61 Å². The van der Waals surface area contributed by atoms with Gasteiger partial charge in [0.25, 0.3) is 0 Å². The molecule has 0 amide bonds. The molecule has 144 valence electrons. The van der Waals surface area contributed by atoms with E-state index < -0.39 is 0 Å². The van der Waals surface area contributed by atoms with Gasteiger partial charge in [0.1, 0.15) is 0 Å². The normalized spacial score (nSPS) is 19.8. The number of benzene rings is 2. The van der Waals surface area contributed by atoms with Gasteiger partial charge in [0.2, 0.25) is 0 Å². The standard InChI is InChI=1S/C24H31NO2/c1-20(26)27-17-16-21-12-14-24(15-13-21)25(18-22-8-4-2-5-9-22)19-23-10-6-3-7-11-23/h2-11,21,24H,12-19H2,1H3/t21-,24-. The number of rotatable bonds is 8. The first-order valence-corrected chi connectivity index (χ1v) is 10.2. The first-order chi connectivity index (χ1) is 13.2. The molecule has 0 atom stereocenters. The summed E-state index contributed by atoms with van der Waals surface area (Å²) in [5, 5.41) is 0. The van der Waals surface area contributed by atoms with E-state index in [1.54, 1.807) is 0 Å². The van der Waals surface area contributed by atoms with Crippen LogP contribution in [-0.2, 0) is 22.6 Å². The molecular weight excluding hydrogens is 334 g/mol. The minimum absolute atomic E-state index is 0.166. The van der Waals surface area contributed by atoms with E-state index in [1.165, 1.54) is 43.7 Å². The van der Waals surface area contributed by atoms with Crippen molar-refractivity contribution in [3.63, 3.8) is 0 Å². The van der Waals surface area contributed by atoms with Crippen LogP contribution in [0.5, 0.6) is 0 Å². The molecule has 1 aliphatic carbocycles. The van der Waals surface area contributed by atoms with Gasteiger partial charge in [-0.1, -0.05) is 60.7 Å². The van der Waals surface area contributed by atoms with Crippen molar-refractivity contribution in [1.82, 2.24) is 4.90 Å². The highest BCUT2D eigenvalue weighted by atomic mass is 16.5. The van der Waals surface area contributed by atoms with E-state index >= 15 is 0 Å². The van der Waals surface area contributed by atoms with Crippen LogP contribution in [0.3, 0.4) is 0 Å². The summed E-state index contributed by atoms with van der Waals surface area (Å²) < 4.78 is 5.13. The molecule has 27 heavy (non-hydrogen) atoms. The molecule has 0 radical (unpaired) electrons.